The first kappa shape index (κ1) is 18.4. The Morgan fingerprint density at radius 3 is 2.83 bits per heavy atom. The van der Waals surface area contributed by atoms with Crippen LogP contribution >= 0.6 is 0 Å². The fourth-order valence-corrected chi connectivity index (χ4v) is 3.67. The maximum absolute atomic E-state index is 12.6. The number of rotatable bonds is 4. The van der Waals surface area contributed by atoms with Crippen molar-refractivity contribution in [3.63, 3.8) is 0 Å². The molecule has 2 N–H and O–H groups in total. The number of amides is 1. The molecule has 0 radical (unpaired) electrons. The molecular weight excluding hydrogens is 364 g/mol. The second kappa shape index (κ2) is 7.24. The number of aryl methyl sites for hydroxylation is 1. The largest absolute Gasteiger partial charge is 0.356 e. The number of nitrogens with zero attached hydrogens (tertiary/aromatic N) is 4. The molecule has 144 valence electrons. The fraction of sp³-hybridized carbons (Fsp3) is 0.182. The van der Waals surface area contributed by atoms with Crippen LogP contribution in [-0.2, 0) is 18.3 Å². The third-order valence-corrected chi connectivity index (χ3v) is 4.99. The van der Waals surface area contributed by atoms with Gasteiger partial charge in [0.1, 0.15) is 0 Å². The van der Waals surface area contributed by atoms with Gasteiger partial charge in [0.25, 0.3) is 5.91 Å². The average Bonchev–Trinajstić information content (AvgIpc) is 3.27. The van der Waals surface area contributed by atoms with E-state index < -0.39 is 0 Å². The first-order valence-electron chi connectivity index (χ1n) is 9.32. The minimum atomic E-state index is -0.172. The number of anilines is 2. The van der Waals surface area contributed by atoms with E-state index in [1.54, 1.807) is 17.1 Å². The molecule has 2 aromatic heterocycles. The Hall–Kier alpha value is -3.92. The maximum atomic E-state index is 12.6. The highest BCUT2D eigenvalue weighted by molar-refractivity contribution is 6.32. The topological polar surface area (TPSA) is 95.6 Å². The molecule has 1 aliphatic heterocycles. The van der Waals surface area contributed by atoms with E-state index in [4.69, 9.17) is 0 Å². The molecule has 0 saturated carbocycles. The van der Waals surface area contributed by atoms with Crippen molar-refractivity contribution < 1.29 is 4.79 Å². The minimum absolute atomic E-state index is 0.172. The van der Waals surface area contributed by atoms with E-state index in [-0.39, 0.29) is 5.91 Å². The summed E-state index contributed by atoms with van der Waals surface area (Å²) < 4.78 is 1.69. The SMILES string of the molecule is CCc1c(C#N)cccc1-c1cc2c(cn1)NC(=O)/C2=C(/C)Nc1cnn(C)c1. The Kier molecular flexibility index (Phi) is 4.61. The van der Waals surface area contributed by atoms with Gasteiger partial charge in [-0.2, -0.15) is 10.4 Å². The number of nitriles is 1. The second-order valence-electron chi connectivity index (χ2n) is 6.89. The highest BCUT2D eigenvalue weighted by Gasteiger charge is 2.28. The number of allylic oxidation sites excluding steroid dienone is 1. The van der Waals surface area contributed by atoms with E-state index in [2.05, 4.69) is 26.8 Å². The van der Waals surface area contributed by atoms with E-state index in [9.17, 15) is 10.1 Å². The number of carbonyl (C=O) groups excluding carboxylic acids is 1. The summed E-state index contributed by atoms with van der Waals surface area (Å²) in [6.45, 7) is 3.89. The van der Waals surface area contributed by atoms with Crippen molar-refractivity contribution in [1.29, 1.82) is 5.26 Å². The number of carbonyl (C=O) groups is 1. The van der Waals surface area contributed by atoms with Gasteiger partial charge >= 0.3 is 0 Å². The van der Waals surface area contributed by atoms with Crippen LogP contribution < -0.4 is 10.6 Å². The van der Waals surface area contributed by atoms with E-state index in [0.29, 0.717) is 16.8 Å². The second-order valence-corrected chi connectivity index (χ2v) is 6.89. The van der Waals surface area contributed by atoms with Crippen LogP contribution in [0, 0.1) is 11.3 Å². The quantitative estimate of drug-likeness (QED) is 0.669. The molecule has 3 heterocycles. The molecule has 1 aromatic carbocycles. The number of hydrogen-bond donors (Lipinski definition) is 2. The van der Waals surface area contributed by atoms with Crippen molar-refractivity contribution in [1.82, 2.24) is 14.8 Å². The van der Waals surface area contributed by atoms with Gasteiger partial charge in [-0.3, -0.25) is 14.5 Å². The van der Waals surface area contributed by atoms with Crippen molar-refractivity contribution >= 4 is 22.9 Å². The van der Waals surface area contributed by atoms with Gasteiger partial charge in [0.2, 0.25) is 0 Å². The Morgan fingerprint density at radius 1 is 1.31 bits per heavy atom. The molecule has 1 aliphatic rings. The summed E-state index contributed by atoms with van der Waals surface area (Å²) in [6, 6.07) is 9.79. The van der Waals surface area contributed by atoms with Crippen molar-refractivity contribution in [2.75, 3.05) is 10.6 Å². The standard InChI is InChI=1S/C22H20N6O/c1-4-16-14(9-23)6-5-7-17(16)19-8-18-20(11-24-19)27-22(29)21(18)13(2)26-15-10-25-28(3)12-15/h5-8,10-12,26H,4H2,1-3H3,(H,27,29)/b21-13-. The Labute approximate surface area is 168 Å². The van der Waals surface area contributed by atoms with Crippen LogP contribution in [0.25, 0.3) is 16.8 Å². The number of hydrogen-bond acceptors (Lipinski definition) is 5. The average molecular weight is 384 g/mol. The predicted molar refractivity (Wildman–Crippen MR) is 112 cm³/mol. The van der Waals surface area contributed by atoms with Crippen molar-refractivity contribution in [3.05, 3.63) is 65.2 Å². The van der Waals surface area contributed by atoms with Crippen LogP contribution in [-0.4, -0.2) is 20.7 Å². The number of pyridine rings is 1. The monoisotopic (exact) mass is 384 g/mol. The van der Waals surface area contributed by atoms with Crippen molar-refractivity contribution in [3.8, 4) is 17.3 Å². The molecule has 7 nitrogen and oxygen atoms in total. The third-order valence-electron chi connectivity index (χ3n) is 4.99. The summed E-state index contributed by atoms with van der Waals surface area (Å²) >= 11 is 0. The smallest absolute Gasteiger partial charge is 0.258 e. The molecule has 0 bridgehead atoms. The normalized spacial score (nSPS) is 14.2. The first-order chi connectivity index (χ1) is 14.0. The fourth-order valence-electron chi connectivity index (χ4n) is 3.67. The van der Waals surface area contributed by atoms with Gasteiger partial charge in [-0.15, -0.1) is 0 Å². The van der Waals surface area contributed by atoms with Gasteiger partial charge in [-0.05, 0) is 31.0 Å². The van der Waals surface area contributed by atoms with Gasteiger partial charge < -0.3 is 10.6 Å². The van der Waals surface area contributed by atoms with Crippen LogP contribution in [0.2, 0.25) is 0 Å². The highest BCUT2D eigenvalue weighted by Crippen LogP contribution is 2.37. The molecule has 1 amide bonds. The zero-order chi connectivity index (χ0) is 20.5. The number of fused-ring (bicyclic) bond motifs is 1. The molecule has 0 fully saturated rings. The Morgan fingerprint density at radius 2 is 2.14 bits per heavy atom. The summed E-state index contributed by atoms with van der Waals surface area (Å²) in [5, 5.41) is 19.7. The lowest BCUT2D eigenvalue weighted by Gasteiger charge is -2.11. The van der Waals surface area contributed by atoms with Gasteiger partial charge in [0, 0.05) is 30.1 Å². The predicted octanol–water partition coefficient (Wildman–Crippen LogP) is 3.71. The molecule has 3 aromatic rings. The van der Waals surface area contributed by atoms with Gasteiger partial charge in [0.05, 0.1) is 46.7 Å². The maximum Gasteiger partial charge on any atom is 0.258 e. The number of benzene rings is 1. The minimum Gasteiger partial charge on any atom is -0.356 e. The van der Waals surface area contributed by atoms with E-state index in [0.717, 1.165) is 40.2 Å². The molecule has 29 heavy (non-hydrogen) atoms. The zero-order valence-electron chi connectivity index (χ0n) is 16.4. The molecule has 0 aliphatic carbocycles. The molecule has 0 saturated heterocycles. The lowest BCUT2D eigenvalue weighted by atomic mass is 9.95. The summed E-state index contributed by atoms with van der Waals surface area (Å²) in [5.74, 6) is -0.172. The lowest BCUT2D eigenvalue weighted by Crippen LogP contribution is -2.08. The van der Waals surface area contributed by atoms with Crippen LogP contribution in [0.5, 0.6) is 0 Å². The number of aromatic nitrogens is 3. The summed E-state index contributed by atoms with van der Waals surface area (Å²) in [6.07, 6.45) is 5.94. The van der Waals surface area contributed by atoms with Crippen LogP contribution in [0.3, 0.4) is 0 Å². The number of nitrogens with one attached hydrogen (secondary N) is 2. The highest BCUT2D eigenvalue weighted by atomic mass is 16.2. The third kappa shape index (κ3) is 3.25. The van der Waals surface area contributed by atoms with E-state index in [1.807, 2.05) is 51.4 Å². The molecule has 0 atom stereocenters. The van der Waals surface area contributed by atoms with Crippen LogP contribution in [0.15, 0.2) is 48.6 Å². The molecular formula is C22H20N6O. The van der Waals surface area contributed by atoms with E-state index >= 15 is 0 Å². The molecule has 0 unspecified atom stereocenters. The van der Waals surface area contributed by atoms with E-state index in [1.165, 1.54) is 0 Å². The molecule has 4 rings (SSSR count). The summed E-state index contributed by atoms with van der Waals surface area (Å²) in [4.78, 5) is 17.2. The van der Waals surface area contributed by atoms with Crippen LogP contribution in [0.1, 0.15) is 30.5 Å². The first-order valence-corrected chi connectivity index (χ1v) is 9.32. The van der Waals surface area contributed by atoms with Gasteiger partial charge in [-0.1, -0.05) is 19.1 Å². The molecule has 0 spiro atoms. The molecule has 7 heteroatoms. The van der Waals surface area contributed by atoms with Gasteiger partial charge in [0.15, 0.2) is 0 Å². The lowest BCUT2D eigenvalue weighted by molar-refractivity contribution is -0.110. The van der Waals surface area contributed by atoms with Crippen molar-refractivity contribution in [2.45, 2.75) is 20.3 Å². The summed E-state index contributed by atoms with van der Waals surface area (Å²) in [5.41, 5.74) is 6.82. The Balaban J connectivity index is 1.81. The van der Waals surface area contributed by atoms with Crippen molar-refractivity contribution in [2.24, 2.45) is 7.05 Å². The van der Waals surface area contributed by atoms with Crippen LogP contribution in [0.4, 0.5) is 11.4 Å². The Bertz CT molecular complexity index is 1200. The van der Waals surface area contributed by atoms with Gasteiger partial charge in [-0.25, -0.2) is 0 Å². The summed E-state index contributed by atoms with van der Waals surface area (Å²) in [7, 11) is 1.84. The zero-order valence-corrected chi connectivity index (χ0v) is 16.4.